The SMILES string of the molecule is CC(Sc1nnc(COc2ccccc2F)n1N)C(=O)Nc1ncccn1. The van der Waals surface area contributed by atoms with E-state index in [1.165, 1.54) is 29.2 Å². The number of nitrogen functional groups attached to an aromatic ring is 1. The van der Waals surface area contributed by atoms with E-state index in [1.54, 1.807) is 25.1 Å². The number of para-hydroxylation sites is 1. The number of hydrogen-bond acceptors (Lipinski definition) is 8. The van der Waals surface area contributed by atoms with Gasteiger partial charge in [0.15, 0.2) is 17.4 Å². The van der Waals surface area contributed by atoms with Crippen LogP contribution in [0.3, 0.4) is 0 Å². The number of carbonyl (C=O) groups is 1. The van der Waals surface area contributed by atoms with Crippen molar-refractivity contribution in [2.75, 3.05) is 11.2 Å². The van der Waals surface area contributed by atoms with E-state index < -0.39 is 11.1 Å². The average Bonchev–Trinajstić information content (AvgIpc) is 3.01. The minimum atomic E-state index is -0.527. The van der Waals surface area contributed by atoms with Crippen LogP contribution >= 0.6 is 11.8 Å². The van der Waals surface area contributed by atoms with Gasteiger partial charge in [-0.15, -0.1) is 10.2 Å². The van der Waals surface area contributed by atoms with Gasteiger partial charge in [0.25, 0.3) is 0 Å². The third kappa shape index (κ3) is 4.70. The zero-order valence-corrected chi connectivity index (χ0v) is 15.1. The molecule has 1 atom stereocenters. The molecule has 3 N–H and O–H groups in total. The number of benzene rings is 1. The van der Waals surface area contributed by atoms with Crippen LogP contribution in [-0.4, -0.2) is 36.0 Å². The van der Waals surface area contributed by atoms with Gasteiger partial charge in [0.05, 0.1) is 5.25 Å². The number of anilines is 1. The number of hydrogen-bond donors (Lipinski definition) is 2. The number of nitrogens with zero attached hydrogens (tertiary/aromatic N) is 5. The first-order valence-electron chi connectivity index (χ1n) is 7.86. The lowest BCUT2D eigenvalue weighted by Gasteiger charge is -2.10. The maximum Gasteiger partial charge on any atom is 0.240 e. The molecule has 140 valence electrons. The van der Waals surface area contributed by atoms with Crippen molar-refractivity contribution in [2.24, 2.45) is 0 Å². The summed E-state index contributed by atoms with van der Waals surface area (Å²) in [6.07, 6.45) is 3.05. The van der Waals surface area contributed by atoms with E-state index >= 15 is 0 Å². The molecule has 11 heteroatoms. The van der Waals surface area contributed by atoms with Crippen LogP contribution in [0.4, 0.5) is 10.3 Å². The Morgan fingerprint density at radius 1 is 1.30 bits per heavy atom. The van der Waals surface area contributed by atoms with E-state index in [1.807, 2.05) is 0 Å². The summed E-state index contributed by atoms with van der Waals surface area (Å²) in [5.74, 6) is 5.75. The Bertz CT molecular complexity index is 922. The van der Waals surface area contributed by atoms with Crippen LogP contribution in [0.1, 0.15) is 12.7 Å². The van der Waals surface area contributed by atoms with Gasteiger partial charge >= 0.3 is 0 Å². The lowest BCUT2D eigenvalue weighted by Crippen LogP contribution is -2.25. The van der Waals surface area contributed by atoms with Crippen molar-refractivity contribution in [3.8, 4) is 5.75 Å². The van der Waals surface area contributed by atoms with Gasteiger partial charge in [-0.25, -0.2) is 19.0 Å². The minimum absolute atomic E-state index is 0.0660. The van der Waals surface area contributed by atoms with Crippen LogP contribution in [0.25, 0.3) is 0 Å². The van der Waals surface area contributed by atoms with Crippen molar-refractivity contribution < 1.29 is 13.9 Å². The summed E-state index contributed by atoms with van der Waals surface area (Å²) in [6, 6.07) is 7.66. The molecule has 1 aromatic carbocycles. The van der Waals surface area contributed by atoms with E-state index in [-0.39, 0.29) is 24.2 Å². The Hall–Kier alpha value is -3.21. The van der Waals surface area contributed by atoms with Crippen LogP contribution in [-0.2, 0) is 11.4 Å². The second-order valence-corrected chi connectivity index (χ2v) is 6.62. The molecule has 1 unspecified atom stereocenters. The highest BCUT2D eigenvalue weighted by molar-refractivity contribution is 8.00. The van der Waals surface area contributed by atoms with Crippen LogP contribution in [0.5, 0.6) is 5.75 Å². The highest BCUT2D eigenvalue weighted by Gasteiger charge is 2.20. The predicted octanol–water partition coefficient (Wildman–Crippen LogP) is 1.62. The molecule has 0 radical (unpaired) electrons. The molecule has 0 bridgehead atoms. The van der Waals surface area contributed by atoms with Crippen molar-refractivity contribution in [1.82, 2.24) is 24.8 Å². The summed E-state index contributed by atoms with van der Waals surface area (Å²) in [4.78, 5) is 20.1. The van der Waals surface area contributed by atoms with Crippen molar-refractivity contribution in [3.63, 3.8) is 0 Å². The third-order valence-corrected chi connectivity index (χ3v) is 4.44. The van der Waals surface area contributed by atoms with Crippen LogP contribution in [0.2, 0.25) is 0 Å². The Labute approximate surface area is 158 Å². The molecular formula is C16H16FN7O2S. The number of ether oxygens (including phenoxy) is 1. The fourth-order valence-corrected chi connectivity index (χ4v) is 2.77. The van der Waals surface area contributed by atoms with Gasteiger partial charge in [0.2, 0.25) is 17.0 Å². The largest absolute Gasteiger partial charge is 0.482 e. The maximum absolute atomic E-state index is 13.6. The van der Waals surface area contributed by atoms with Crippen molar-refractivity contribution >= 4 is 23.6 Å². The summed E-state index contributed by atoms with van der Waals surface area (Å²) in [5.41, 5.74) is 0. The molecule has 0 saturated carbocycles. The van der Waals surface area contributed by atoms with Gasteiger partial charge in [-0.2, -0.15) is 0 Å². The van der Waals surface area contributed by atoms with E-state index in [9.17, 15) is 9.18 Å². The lowest BCUT2D eigenvalue weighted by molar-refractivity contribution is -0.115. The van der Waals surface area contributed by atoms with Crippen molar-refractivity contribution in [3.05, 3.63) is 54.4 Å². The number of thioether (sulfide) groups is 1. The van der Waals surface area contributed by atoms with Gasteiger partial charge < -0.3 is 10.6 Å². The second kappa shape index (κ2) is 8.45. The topological polar surface area (TPSA) is 121 Å². The molecule has 27 heavy (non-hydrogen) atoms. The fourth-order valence-electron chi connectivity index (χ4n) is 1.98. The van der Waals surface area contributed by atoms with Crippen molar-refractivity contribution in [2.45, 2.75) is 23.9 Å². The minimum Gasteiger partial charge on any atom is -0.482 e. The van der Waals surface area contributed by atoms with E-state index in [0.29, 0.717) is 11.0 Å². The Kier molecular flexibility index (Phi) is 5.81. The molecule has 0 saturated heterocycles. The molecule has 3 aromatic rings. The smallest absolute Gasteiger partial charge is 0.240 e. The first-order valence-corrected chi connectivity index (χ1v) is 8.74. The Morgan fingerprint density at radius 2 is 2.04 bits per heavy atom. The van der Waals surface area contributed by atoms with Gasteiger partial charge in [-0.1, -0.05) is 23.9 Å². The highest BCUT2D eigenvalue weighted by Crippen LogP contribution is 2.22. The molecule has 1 amide bonds. The van der Waals surface area contributed by atoms with E-state index in [4.69, 9.17) is 10.6 Å². The highest BCUT2D eigenvalue weighted by atomic mass is 32.2. The monoisotopic (exact) mass is 389 g/mol. The molecule has 9 nitrogen and oxygen atoms in total. The normalized spacial score (nSPS) is 11.8. The van der Waals surface area contributed by atoms with E-state index in [0.717, 1.165) is 11.8 Å². The first kappa shape index (κ1) is 18.6. The van der Waals surface area contributed by atoms with Crippen LogP contribution in [0, 0.1) is 5.82 Å². The Morgan fingerprint density at radius 3 is 2.78 bits per heavy atom. The number of nitrogens with two attached hydrogens (primary N) is 1. The summed E-state index contributed by atoms with van der Waals surface area (Å²) in [6.45, 7) is 1.62. The number of carbonyl (C=O) groups excluding carboxylic acids is 1. The molecule has 0 aliphatic rings. The molecule has 0 aliphatic heterocycles. The maximum atomic E-state index is 13.6. The van der Waals surface area contributed by atoms with E-state index in [2.05, 4.69) is 25.5 Å². The number of aromatic nitrogens is 5. The molecule has 0 aliphatic carbocycles. The first-order chi connectivity index (χ1) is 13.0. The third-order valence-electron chi connectivity index (χ3n) is 3.38. The zero-order chi connectivity index (χ0) is 19.2. The summed E-state index contributed by atoms with van der Waals surface area (Å²) in [5, 5.41) is 10.3. The number of nitrogens with one attached hydrogen (secondary N) is 1. The summed E-state index contributed by atoms with van der Waals surface area (Å²) in [7, 11) is 0. The summed E-state index contributed by atoms with van der Waals surface area (Å²) < 4.78 is 20.1. The molecule has 0 fully saturated rings. The molecular weight excluding hydrogens is 373 g/mol. The molecule has 3 rings (SSSR count). The fraction of sp³-hybridized carbons (Fsp3) is 0.188. The zero-order valence-electron chi connectivity index (χ0n) is 14.2. The van der Waals surface area contributed by atoms with Gasteiger partial charge in [-0.3, -0.25) is 10.1 Å². The number of halogens is 1. The second-order valence-electron chi connectivity index (χ2n) is 5.31. The number of rotatable bonds is 7. The van der Waals surface area contributed by atoms with Gasteiger partial charge in [-0.05, 0) is 25.1 Å². The number of amides is 1. The van der Waals surface area contributed by atoms with Crippen molar-refractivity contribution in [1.29, 1.82) is 0 Å². The Balaban J connectivity index is 1.59. The van der Waals surface area contributed by atoms with Crippen LogP contribution in [0.15, 0.2) is 47.9 Å². The standard InChI is InChI=1S/C16H16FN7O2S/c1-10(14(25)21-15-19-7-4-8-20-15)27-16-23-22-13(24(16)18)9-26-12-6-3-2-5-11(12)17/h2-8,10H,9,18H2,1H3,(H,19,20,21,25). The lowest BCUT2D eigenvalue weighted by atomic mass is 10.3. The van der Waals surface area contributed by atoms with Gasteiger partial charge in [0.1, 0.15) is 6.61 Å². The van der Waals surface area contributed by atoms with Gasteiger partial charge in [0, 0.05) is 12.4 Å². The molecule has 0 spiro atoms. The van der Waals surface area contributed by atoms with Crippen LogP contribution < -0.4 is 15.9 Å². The molecule has 2 aromatic heterocycles. The average molecular weight is 389 g/mol. The summed E-state index contributed by atoms with van der Waals surface area (Å²) >= 11 is 1.11. The quantitative estimate of drug-likeness (QED) is 0.462. The predicted molar refractivity (Wildman–Crippen MR) is 96.9 cm³/mol. The molecule has 2 heterocycles.